The van der Waals surface area contributed by atoms with Gasteiger partial charge in [-0.3, -0.25) is 9.48 Å². The van der Waals surface area contributed by atoms with Crippen LogP contribution >= 0.6 is 11.3 Å². The van der Waals surface area contributed by atoms with E-state index in [0.717, 1.165) is 41.3 Å². The van der Waals surface area contributed by atoms with E-state index in [-0.39, 0.29) is 11.6 Å². The number of amides is 1. The highest BCUT2D eigenvalue weighted by atomic mass is 32.1. The molecule has 2 rings (SSSR count). The van der Waals surface area contributed by atoms with Gasteiger partial charge in [-0.25, -0.2) is 0 Å². The van der Waals surface area contributed by atoms with Crippen molar-refractivity contribution in [2.75, 3.05) is 6.54 Å². The lowest BCUT2D eigenvalue weighted by molar-refractivity contribution is -0.143. The van der Waals surface area contributed by atoms with Crippen molar-refractivity contribution >= 4 is 17.2 Å². The number of hydrogen-bond donors (Lipinski definition) is 1. The minimum Gasteiger partial charge on any atom is -0.351 e. The summed E-state index contributed by atoms with van der Waals surface area (Å²) >= 11 is 1.14. The Labute approximate surface area is 149 Å². The number of thiophene rings is 1. The van der Waals surface area contributed by atoms with Crippen LogP contribution in [0.3, 0.4) is 0 Å². The van der Waals surface area contributed by atoms with Crippen LogP contribution in [0.25, 0.3) is 10.6 Å². The second-order valence-electron chi connectivity index (χ2n) is 5.87. The molecule has 2 aromatic heterocycles. The van der Waals surface area contributed by atoms with E-state index >= 15 is 0 Å². The largest absolute Gasteiger partial charge is 0.433 e. The minimum atomic E-state index is -4.45. The predicted octanol–water partition coefficient (Wildman–Crippen LogP) is 4.87. The molecule has 0 saturated heterocycles. The second kappa shape index (κ2) is 8.51. The third-order valence-corrected chi connectivity index (χ3v) is 4.92. The third-order valence-electron chi connectivity index (χ3n) is 3.82. The number of rotatable bonds is 8. The van der Waals surface area contributed by atoms with Gasteiger partial charge >= 0.3 is 6.18 Å². The SMILES string of the molecule is CCCCCCCNC(=O)c1ccc(-c2cc(C(F)(F)F)n(C)n2)s1. The Bertz CT molecular complexity index is 706. The Kier molecular flexibility index (Phi) is 6.64. The molecule has 0 atom stereocenters. The molecule has 0 aliphatic rings. The summed E-state index contributed by atoms with van der Waals surface area (Å²) in [5.74, 6) is -0.196. The minimum absolute atomic E-state index is 0.196. The Balaban J connectivity index is 1.95. The van der Waals surface area contributed by atoms with Gasteiger partial charge in [0.1, 0.15) is 11.4 Å². The van der Waals surface area contributed by atoms with Crippen LogP contribution in [0.5, 0.6) is 0 Å². The second-order valence-corrected chi connectivity index (χ2v) is 6.95. The molecule has 0 aliphatic carbocycles. The molecule has 0 unspecified atom stereocenters. The van der Waals surface area contributed by atoms with Gasteiger partial charge in [-0.2, -0.15) is 18.3 Å². The highest BCUT2D eigenvalue weighted by Gasteiger charge is 2.35. The van der Waals surface area contributed by atoms with Crippen molar-refractivity contribution in [1.82, 2.24) is 15.1 Å². The molecule has 8 heteroatoms. The molecule has 2 heterocycles. The van der Waals surface area contributed by atoms with Crippen LogP contribution in [-0.4, -0.2) is 22.2 Å². The van der Waals surface area contributed by atoms with Gasteiger partial charge in [-0.05, 0) is 24.6 Å². The normalized spacial score (nSPS) is 11.7. The van der Waals surface area contributed by atoms with E-state index in [9.17, 15) is 18.0 Å². The zero-order valence-corrected chi connectivity index (χ0v) is 15.1. The molecular weight excluding hydrogens is 351 g/mol. The maximum atomic E-state index is 12.8. The molecular formula is C17H22F3N3OS. The lowest BCUT2D eigenvalue weighted by Gasteiger charge is -2.04. The van der Waals surface area contributed by atoms with E-state index in [1.54, 1.807) is 12.1 Å². The summed E-state index contributed by atoms with van der Waals surface area (Å²) in [6.07, 6.45) is 1.10. The molecule has 0 spiro atoms. The van der Waals surface area contributed by atoms with E-state index in [0.29, 0.717) is 16.3 Å². The average Bonchev–Trinajstić information content (AvgIpc) is 3.16. The van der Waals surface area contributed by atoms with E-state index in [1.165, 1.54) is 19.9 Å². The molecule has 0 saturated carbocycles. The van der Waals surface area contributed by atoms with Crippen LogP contribution in [0, 0.1) is 0 Å². The van der Waals surface area contributed by atoms with Crippen molar-refractivity contribution in [3.8, 4) is 10.6 Å². The maximum absolute atomic E-state index is 12.8. The Morgan fingerprint density at radius 3 is 2.60 bits per heavy atom. The fraction of sp³-hybridized carbons (Fsp3) is 0.529. The summed E-state index contributed by atoms with van der Waals surface area (Å²) in [5, 5.41) is 6.75. The molecule has 138 valence electrons. The number of hydrogen-bond acceptors (Lipinski definition) is 3. The predicted molar refractivity (Wildman–Crippen MR) is 92.6 cm³/mol. The molecule has 4 nitrogen and oxygen atoms in total. The van der Waals surface area contributed by atoms with Gasteiger partial charge in [-0.1, -0.05) is 32.6 Å². The van der Waals surface area contributed by atoms with E-state index in [1.807, 2.05) is 0 Å². The number of carbonyl (C=O) groups excluding carboxylic acids is 1. The summed E-state index contributed by atoms with van der Waals surface area (Å²) < 4.78 is 39.3. The molecule has 0 aromatic carbocycles. The number of carbonyl (C=O) groups is 1. The van der Waals surface area contributed by atoms with Gasteiger partial charge in [0.05, 0.1) is 9.75 Å². The number of alkyl halides is 3. The van der Waals surface area contributed by atoms with E-state index in [4.69, 9.17) is 0 Å². The van der Waals surface area contributed by atoms with Crippen LogP contribution < -0.4 is 5.32 Å². The fourth-order valence-electron chi connectivity index (χ4n) is 2.47. The summed E-state index contributed by atoms with van der Waals surface area (Å²) in [6.45, 7) is 2.76. The fourth-order valence-corrected chi connectivity index (χ4v) is 3.35. The Morgan fingerprint density at radius 2 is 1.96 bits per heavy atom. The molecule has 2 aromatic rings. The van der Waals surface area contributed by atoms with Crippen molar-refractivity contribution in [2.24, 2.45) is 7.05 Å². The molecule has 0 bridgehead atoms. The molecule has 0 aliphatic heterocycles. The van der Waals surface area contributed by atoms with Gasteiger partial charge in [0, 0.05) is 13.6 Å². The first-order chi connectivity index (χ1) is 11.8. The van der Waals surface area contributed by atoms with Gasteiger partial charge < -0.3 is 5.32 Å². The topological polar surface area (TPSA) is 46.9 Å². The number of aryl methyl sites for hydroxylation is 1. The van der Waals surface area contributed by atoms with Crippen molar-refractivity contribution < 1.29 is 18.0 Å². The van der Waals surface area contributed by atoms with Crippen molar-refractivity contribution in [2.45, 2.75) is 45.2 Å². The lowest BCUT2D eigenvalue weighted by atomic mass is 10.1. The highest BCUT2D eigenvalue weighted by Crippen LogP contribution is 2.34. The molecule has 0 radical (unpaired) electrons. The van der Waals surface area contributed by atoms with Crippen LogP contribution in [-0.2, 0) is 13.2 Å². The molecule has 1 amide bonds. The molecule has 0 fully saturated rings. The third kappa shape index (κ3) is 5.32. The lowest BCUT2D eigenvalue weighted by Crippen LogP contribution is -2.23. The van der Waals surface area contributed by atoms with Crippen LogP contribution in [0.2, 0.25) is 0 Å². The number of halogens is 3. The van der Waals surface area contributed by atoms with Gasteiger partial charge in [0.2, 0.25) is 0 Å². The van der Waals surface area contributed by atoms with E-state index < -0.39 is 11.9 Å². The molecule has 1 N–H and O–H groups in total. The quantitative estimate of drug-likeness (QED) is 0.671. The number of nitrogens with one attached hydrogen (secondary N) is 1. The van der Waals surface area contributed by atoms with Gasteiger partial charge in [0.15, 0.2) is 0 Å². The zero-order valence-electron chi connectivity index (χ0n) is 14.3. The number of unbranched alkanes of at least 4 members (excludes halogenated alkanes) is 4. The standard InChI is InChI=1S/C17H22F3N3OS/c1-3-4-5-6-7-10-21-16(24)14-9-8-13(25-14)12-11-15(17(18,19)20)23(2)22-12/h8-9,11H,3-7,10H2,1-2H3,(H,21,24). The van der Waals surface area contributed by atoms with Gasteiger partial charge in [0.25, 0.3) is 5.91 Å². The summed E-state index contributed by atoms with van der Waals surface area (Å²) in [7, 11) is 1.26. The summed E-state index contributed by atoms with van der Waals surface area (Å²) in [4.78, 5) is 13.1. The summed E-state index contributed by atoms with van der Waals surface area (Å²) in [5.41, 5.74) is -0.590. The van der Waals surface area contributed by atoms with Crippen molar-refractivity contribution in [1.29, 1.82) is 0 Å². The number of aromatic nitrogens is 2. The smallest absolute Gasteiger partial charge is 0.351 e. The maximum Gasteiger partial charge on any atom is 0.433 e. The first-order valence-electron chi connectivity index (χ1n) is 8.32. The first-order valence-corrected chi connectivity index (χ1v) is 9.14. The van der Waals surface area contributed by atoms with E-state index in [2.05, 4.69) is 17.3 Å². The molecule has 25 heavy (non-hydrogen) atoms. The van der Waals surface area contributed by atoms with Crippen molar-refractivity contribution in [3.05, 3.63) is 28.8 Å². The highest BCUT2D eigenvalue weighted by molar-refractivity contribution is 7.17. The average molecular weight is 373 g/mol. The van der Waals surface area contributed by atoms with Crippen LogP contribution in [0.15, 0.2) is 18.2 Å². The van der Waals surface area contributed by atoms with Crippen LogP contribution in [0.4, 0.5) is 13.2 Å². The Hall–Kier alpha value is -1.83. The van der Waals surface area contributed by atoms with Crippen LogP contribution in [0.1, 0.15) is 54.4 Å². The van der Waals surface area contributed by atoms with Gasteiger partial charge in [-0.15, -0.1) is 11.3 Å². The van der Waals surface area contributed by atoms with Crippen molar-refractivity contribution in [3.63, 3.8) is 0 Å². The Morgan fingerprint density at radius 1 is 1.24 bits per heavy atom. The zero-order chi connectivity index (χ0) is 18.4. The number of nitrogens with zero attached hydrogens (tertiary/aromatic N) is 2. The summed E-state index contributed by atoms with van der Waals surface area (Å²) in [6, 6.07) is 4.25. The monoisotopic (exact) mass is 373 g/mol. The first kappa shape index (κ1) is 19.5.